The van der Waals surface area contributed by atoms with Crippen molar-refractivity contribution in [3.8, 4) is 0 Å². The molecule has 0 saturated carbocycles. The minimum atomic E-state index is -3.83. The summed E-state index contributed by atoms with van der Waals surface area (Å²) >= 11 is 0.869. The highest BCUT2D eigenvalue weighted by molar-refractivity contribution is 7.91. The second kappa shape index (κ2) is 5.69. The van der Waals surface area contributed by atoms with Gasteiger partial charge < -0.3 is 9.72 Å². The van der Waals surface area contributed by atoms with E-state index in [0.717, 1.165) is 15.6 Å². The SMILES string of the molecule is COC(=O)c1ncsc1S(=O)(=O)N(C)Cc1ncc[nH]1. The first-order valence-corrected chi connectivity index (χ1v) is 7.75. The summed E-state index contributed by atoms with van der Waals surface area (Å²) in [4.78, 5) is 22.0. The summed E-state index contributed by atoms with van der Waals surface area (Å²) in [5, 5.41) is 0. The van der Waals surface area contributed by atoms with Gasteiger partial charge in [0.05, 0.1) is 19.2 Å². The molecule has 0 unspecified atom stereocenters. The minimum Gasteiger partial charge on any atom is -0.464 e. The van der Waals surface area contributed by atoms with E-state index in [1.165, 1.54) is 25.9 Å². The van der Waals surface area contributed by atoms with E-state index in [1.54, 1.807) is 6.20 Å². The molecule has 2 rings (SSSR count). The van der Waals surface area contributed by atoms with Gasteiger partial charge >= 0.3 is 5.97 Å². The minimum absolute atomic E-state index is 0.0633. The number of rotatable bonds is 5. The monoisotopic (exact) mass is 316 g/mol. The van der Waals surface area contributed by atoms with Crippen molar-refractivity contribution in [3.63, 3.8) is 0 Å². The number of carbonyl (C=O) groups excluding carboxylic acids is 1. The van der Waals surface area contributed by atoms with Crippen molar-refractivity contribution >= 4 is 27.3 Å². The summed E-state index contributed by atoms with van der Waals surface area (Å²) in [7, 11) is -1.26. The fourth-order valence-corrected chi connectivity index (χ4v) is 3.93. The van der Waals surface area contributed by atoms with E-state index in [-0.39, 0.29) is 16.4 Å². The molecule has 1 N–H and O–H groups in total. The van der Waals surface area contributed by atoms with Crippen molar-refractivity contribution in [2.45, 2.75) is 10.8 Å². The van der Waals surface area contributed by atoms with Crippen LogP contribution in [-0.2, 0) is 21.3 Å². The molecular weight excluding hydrogens is 304 g/mol. The van der Waals surface area contributed by atoms with Gasteiger partial charge in [0.15, 0.2) is 9.90 Å². The predicted molar refractivity (Wildman–Crippen MR) is 70.7 cm³/mol. The van der Waals surface area contributed by atoms with E-state index >= 15 is 0 Å². The van der Waals surface area contributed by atoms with E-state index in [2.05, 4.69) is 19.7 Å². The molecule has 0 amide bonds. The van der Waals surface area contributed by atoms with Gasteiger partial charge in [0.2, 0.25) is 0 Å². The highest BCUT2D eigenvalue weighted by Gasteiger charge is 2.30. The van der Waals surface area contributed by atoms with Crippen molar-refractivity contribution in [1.29, 1.82) is 0 Å². The molecule has 0 fully saturated rings. The Balaban J connectivity index is 2.30. The second-order valence-electron chi connectivity index (χ2n) is 3.78. The Morgan fingerprint density at radius 1 is 1.50 bits per heavy atom. The molecule has 0 aliphatic heterocycles. The molecule has 8 nitrogen and oxygen atoms in total. The zero-order valence-electron chi connectivity index (χ0n) is 10.7. The predicted octanol–water partition coefficient (Wildman–Crippen LogP) is 0.474. The molecular formula is C10H12N4O4S2. The van der Waals surface area contributed by atoms with Crippen LogP contribution in [0.2, 0.25) is 0 Å². The topological polar surface area (TPSA) is 105 Å². The number of imidazole rings is 1. The van der Waals surface area contributed by atoms with Crippen LogP contribution in [-0.4, -0.2) is 47.8 Å². The highest BCUT2D eigenvalue weighted by Crippen LogP contribution is 2.24. The van der Waals surface area contributed by atoms with Crippen LogP contribution in [0.1, 0.15) is 16.3 Å². The van der Waals surface area contributed by atoms with Crippen LogP contribution in [0, 0.1) is 0 Å². The number of thiazole rings is 1. The normalized spacial score (nSPS) is 11.8. The summed E-state index contributed by atoms with van der Waals surface area (Å²) in [5.41, 5.74) is 1.09. The first-order valence-electron chi connectivity index (χ1n) is 5.43. The molecule has 2 heterocycles. The largest absolute Gasteiger partial charge is 0.464 e. The van der Waals surface area contributed by atoms with Gasteiger partial charge in [-0.2, -0.15) is 4.31 Å². The average Bonchev–Trinajstić information content (AvgIpc) is 3.08. The number of aromatic amines is 1. The third kappa shape index (κ3) is 2.71. The lowest BCUT2D eigenvalue weighted by atomic mass is 10.5. The van der Waals surface area contributed by atoms with Crippen LogP contribution in [0.3, 0.4) is 0 Å². The van der Waals surface area contributed by atoms with Crippen LogP contribution in [0.15, 0.2) is 22.1 Å². The van der Waals surface area contributed by atoms with E-state index < -0.39 is 16.0 Å². The molecule has 0 spiro atoms. The van der Waals surface area contributed by atoms with E-state index in [9.17, 15) is 13.2 Å². The van der Waals surface area contributed by atoms with Crippen LogP contribution in [0.5, 0.6) is 0 Å². The van der Waals surface area contributed by atoms with Gasteiger partial charge in [0.25, 0.3) is 10.0 Å². The van der Waals surface area contributed by atoms with E-state index in [1.807, 2.05) is 0 Å². The number of ether oxygens (including phenoxy) is 1. The molecule has 108 valence electrons. The molecule has 0 aliphatic rings. The maximum atomic E-state index is 12.4. The number of nitrogens with zero attached hydrogens (tertiary/aromatic N) is 3. The number of hydrogen-bond acceptors (Lipinski definition) is 7. The number of sulfonamides is 1. The first-order chi connectivity index (χ1) is 9.46. The van der Waals surface area contributed by atoms with E-state index in [4.69, 9.17) is 0 Å². The molecule has 0 aliphatic carbocycles. The zero-order chi connectivity index (χ0) is 14.8. The van der Waals surface area contributed by atoms with E-state index in [0.29, 0.717) is 5.82 Å². The molecule has 0 saturated heterocycles. The van der Waals surface area contributed by atoms with Crippen molar-refractivity contribution in [2.75, 3.05) is 14.2 Å². The van der Waals surface area contributed by atoms with Gasteiger partial charge in [-0.25, -0.2) is 23.2 Å². The standard InChI is InChI=1S/C10H12N4O4S2/c1-14(5-7-11-3-4-12-7)20(16,17)10-8(9(15)18-2)13-6-19-10/h3-4,6H,5H2,1-2H3,(H,11,12). The first kappa shape index (κ1) is 14.6. The summed E-state index contributed by atoms with van der Waals surface area (Å²) < 4.78 is 30.3. The van der Waals surface area contributed by atoms with Gasteiger partial charge in [-0.3, -0.25) is 0 Å². The summed E-state index contributed by atoms with van der Waals surface area (Å²) in [6.45, 7) is 0.0633. The molecule has 2 aromatic heterocycles. The van der Waals surface area contributed by atoms with Gasteiger partial charge in [0.1, 0.15) is 5.82 Å². The molecule has 0 atom stereocenters. The third-order valence-corrected chi connectivity index (χ3v) is 5.64. The summed E-state index contributed by atoms with van der Waals surface area (Å²) in [6.07, 6.45) is 3.13. The summed E-state index contributed by atoms with van der Waals surface area (Å²) in [6, 6.07) is 0. The van der Waals surface area contributed by atoms with Gasteiger partial charge in [0, 0.05) is 19.4 Å². The Morgan fingerprint density at radius 3 is 2.85 bits per heavy atom. The Bertz CT molecular complexity index is 693. The van der Waals surface area contributed by atoms with Crippen molar-refractivity contribution < 1.29 is 17.9 Å². The molecule has 20 heavy (non-hydrogen) atoms. The quantitative estimate of drug-likeness (QED) is 0.804. The van der Waals surface area contributed by atoms with Gasteiger partial charge in [-0.05, 0) is 0 Å². The number of carbonyl (C=O) groups is 1. The number of hydrogen-bond donors (Lipinski definition) is 1. The fraction of sp³-hybridized carbons (Fsp3) is 0.300. The maximum Gasteiger partial charge on any atom is 0.358 e. The smallest absolute Gasteiger partial charge is 0.358 e. The lowest BCUT2D eigenvalue weighted by Gasteiger charge is -2.14. The van der Waals surface area contributed by atoms with Crippen LogP contribution in [0.4, 0.5) is 0 Å². The van der Waals surface area contributed by atoms with Crippen molar-refractivity contribution in [3.05, 3.63) is 29.4 Å². The molecule has 2 aromatic rings. The summed E-state index contributed by atoms with van der Waals surface area (Å²) in [5.74, 6) is -0.281. The zero-order valence-corrected chi connectivity index (χ0v) is 12.4. The number of H-pyrrole nitrogens is 1. The molecule has 0 aromatic carbocycles. The average molecular weight is 316 g/mol. The fourth-order valence-electron chi connectivity index (χ4n) is 1.47. The van der Waals surface area contributed by atoms with Crippen LogP contribution in [0.25, 0.3) is 0 Å². The molecule has 0 bridgehead atoms. The van der Waals surface area contributed by atoms with Gasteiger partial charge in [-0.15, -0.1) is 11.3 Å². The Kier molecular flexibility index (Phi) is 4.16. The van der Waals surface area contributed by atoms with Crippen LogP contribution < -0.4 is 0 Å². The Labute approximate surface area is 119 Å². The lowest BCUT2D eigenvalue weighted by Crippen LogP contribution is -2.27. The number of nitrogens with one attached hydrogen (secondary N) is 1. The highest BCUT2D eigenvalue weighted by atomic mass is 32.2. The third-order valence-electron chi connectivity index (χ3n) is 2.49. The Morgan fingerprint density at radius 2 is 2.25 bits per heavy atom. The molecule has 0 radical (unpaired) electrons. The second-order valence-corrected chi connectivity index (χ2v) is 6.87. The number of aromatic nitrogens is 3. The van der Waals surface area contributed by atoms with Crippen molar-refractivity contribution in [1.82, 2.24) is 19.3 Å². The number of esters is 1. The Hall–Kier alpha value is -1.78. The van der Waals surface area contributed by atoms with Crippen molar-refractivity contribution in [2.24, 2.45) is 0 Å². The van der Waals surface area contributed by atoms with Gasteiger partial charge in [-0.1, -0.05) is 0 Å². The maximum absolute atomic E-state index is 12.4. The molecule has 10 heteroatoms. The van der Waals surface area contributed by atoms with Crippen LogP contribution >= 0.6 is 11.3 Å². The number of methoxy groups -OCH3 is 1. The lowest BCUT2D eigenvalue weighted by molar-refractivity contribution is 0.0590.